The van der Waals surface area contributed by atoms with Gasteiger partial charge in [-0.1, -0.05) is 13.8 Å². The van der Waals surface area contributed by atoms with Crippen LogP contribution in [0.3, 0.4) is 0 Å². The van der Waals surface area contributed by atoms with Crippen molar-refractivity contribution in [3.05, 3.63) is 0 Å². The summed E-state index contributed by atoms with van der Waals surface area (Å²) in [5, 5.41) is 11.8. The number of carbonyl (C=O) groups is 2. The Morgan fingerprint density at radius 1 is 1.53 bits per heavy atom. The molecule has 1 saturated heterocycles. The lowest BCUT2D eigenvalue weighted by Crippen LogP contribution is -2.58. The summed E-state index contributed by atoms with van der Waals surface area (Å²) in [6.07, 6.45) is 0.808. The van der Waals surface area contributed by atoms with Crippen LogP contribution < -0.4 is 11.1 Å². The quantitative estimate of drug-likeness (QED) is 0.617. The monoisotopic (exact) mass is 244 g/mol. The summed E-state index contributed by atoms with van der Waals surface area (Å²) in [6, 6.07) is 0. The number of ether oxygens (including phenoxy) is 1. The third-order valence-corrected chi connectivity index (χ3v) is 3.17. The first kappa shape index (κ1) is 13.9. The zero-order valence-electron chi connectivity index (χ0n) is 10.3. The van der Waals surface area contributed by atoms with Gasteiger partial charge in [0.05, 0.1) is 6.61 Å². The summed E-state index contributed by atoms with van der Waals surface area (Å²) in [5.74, 6) is -1.34. The maximum Gasteiger partial charge on any atom is 0.331 e. The Hall–Kier alpha value is -1.14. The van der Waals surface area contributed by atoms with E-state index < -0.39 is 16.9 Å². The van der Waals surface area contributed by atoms with Gasteiger partial charge in [-0.3, -0.25) is 4.79 Å². The first-order valence-corrected chi connectivity index (χ1v) is 5.68. The Balaban J connectivity index is 2.75. The molecule has 0 spiro atoms. The molecule has 0 aromatic heterocycles. The number of carbonyl (C=O) groups excluding carboxylic acids is 1. The van der Waals surface area contributed by atoms with E-state index in [1.165, 1.54) is 0 Å². The first-order valence-electron chi connectivity index (χ1n) is 5.68. The minimum atomic E-state index is -1.27. The molecule has 1 rings (SSSR count). The molecular formula is C11H20N2O4. The fourth-order valence-electron chi connectivity index (χ4n) is 1.75. The van der Waals surface area contributed by atoms with Crippen molar-refractivity contribution in [1.82, 2.24) is 5.32 Å². The molecule has 1 heterocycles. The number of carboxylic acids is 1. The molecule has 1 fully saturated rings. The molecule has 1 aliphatic heterocycles. The average Bonchev–Trinajstić information content (AvgIpc) is 2.67. The van der Waals surface area contributed by atoms with E-state index >= 15 is 0 Å². The molecule has 0 radical (unpaired) electrons. The maximum absolute atomic E-state index is 12.0. The second-order valence-corrected chi connectivity index (χ2v) is 5.07. The summed E-state index contributed by atoms with van der Waals surface area (Å²) in [6.45, 7) is 4.26. The van der Waals surface area contributed by atoms with Crippen LogP contribution in [0.5, 0.6) is 0 Å². The van der Waals surface area contributed by atoms with E-state index in [4.69, 9.17) is 10.5 Å². The van der Waals surface area contributed by atoms with Crippen LogP contribution in [0.25, 0.3) is 0 Å². The van der Waals surface area contributed by atoms with E-state index in [1.54, 1.807) is 13.8 Å². The second kappa shape index (κ2) is 5.01. The van der Waals surface area contributed by atoms with Crippen molar-refractivity contribution in [3.8, 4) is 0 Å². The summed E-state index contributed by atoms with van der Waals surface area (Å²) in [7, 11) is 0. The molecule has 0 aliphatic carbocycles. The van der Waals surface area contributed by atoms with Gasteiger partial charge in [-0.25, -0.2) is 4.79 Å². The molecule has 1 aliphatic rings. The Kier molecular flexibility index (Phi) is 4.11. The van der Waals surface area contributed by atoms with Crippen LogP contribution in [0.4, 0.5) is 0 Å². The molecule has 4 N–H and O–H groups in total. The normalized spacial score (nSPS) is 24.6. The smallest absolute Gasteiger partial charge is 0.331 e. The minimum absolute atomic E-state index is 0.0206. The van der Waals surface area contributed by atoms with Gasteiger partial charge in [0.1, 0.15) is 0 Å². The highest BCUT2D eigenvalue weighted by atomic mass is 16.5. The van der Waals surface area contributed by atoms with Gasteiger partial charge in [-0.05, 0) is 13.0 Å². The Bertz CT molecular complexity index is 309. The number of hydrogen-bond acceptors (Lipinski definition) is 4. The predicted octanol–water partition coefficient (Wildman–Crippen LogP) is -0.279. The Morgan fingerprint density at radius 3 is 2.59 bits per heavy atom. The van der Waals surface area contributed by atoms with Crippen LogP contribution in [0.2, 0.25) is 0 Å². The number of hydrogen-bond donors (Lipinski definition) is 3. The van der Waals surface area contributed by atoms with Crippen LogP contribution in [0.1, 0.15) is 26.7 Å². The molecule has 1 amide bonds. The fourth-order valence-corrected chi connectivity index (χ4v) is 1.75. The summed E-state index contributed by atoms with van der Waals surface area (Å²) in [4.78, 5) is 23.3. The van der Waals surface area contributed by atoms with Crippen molar-refractivity contribution in [1.29, 1.82) is 0 Å². The molecule has 6 heteroatoms. The van der Waals surface area contributed by atoms with E-state index in [2.05, 4.69) is 5.32 Å². The summed E-state index contributed by atoms with van der Waals surface area (Å²) < 4.78 is 5.08. The van der Waals surface area contributed by atoms with Gasteiger partial charge in [-0.2, -0.15) is 0 Å². The van der Waals surface area contributed by atoms with Crippen molar-refractivity contribution in [2.75, 3.05) is 19.8 Å². The molecule has 0 aromatic rings. The molecule has 0 aromatic carbocycles. The third kappa shape index (κ3) is 2.95. The van der Waals surface area contributed by atoms with Gasteiger partial charge in [0.25, 0.3) is 0 Å². The van der Waals surface area contributed by atoms with Crippen molar-refractivity contribution >= 4 is 11.9 Å². The van der Waals surface area contributed by atoms with Gasteiger partial charge >= 0.3 is 5.97 Å². The lowest BCUT2D eigenvalue weighted by atomic mass is 9.86. The molecule has 6 nitrogen and oxygen atoms in total. The van der Waals surface area contributed by atoms with E-state index in [1.807, 2.05) is 0 Å². The third-order valence-electron chi connectivity index (χ3n) is 3.17. The highest BCUT2D eigenvalue weighted by molar-refractivity contribution is 5.90. The number of carboxylic acid groups (broad SMARTS) is 1. The zero-order valence-corrected chi connectivity index (χ0v) is 10.3. The minimum Gasteiger partial charge on any atom is -0.479 e. The Morgan fingerprint density at radius 2 is 2.18 bits per heavy atom. The van der Waals surface area contributed by atoms with Crippen LogP contribution in [0.15, 0.2) is 0 Å². The first-order chi connectivity index (χ1) is 7.84. The second-order valence-electron chi connectivity index (χ2n) is 5.07. The number of amides is 1. The summed E-state index contributed by atoms with van der Waals surface area (Å²) >= 11 is 0. The zero-order chi connectivity index (χ0) is 13.1. The lowest BCUT2D eigenvalue weighted by molar-refractivity contribution is -0.149. The molecule has 1 atom stereocenters. The largest absolute Gasteiger partial charge is 0.479 e. The van der Waals surface area contributed by atoms with E-state index in [0.29, 0.717) is 26.0 Å². The van der Waals surface area contributed by atoms with E-state index in [9.17, 15) is 14.7 Å². The van der Waals surface area contributed by atoms with Gasteiger partial charge in [0.2, 0.25) is 5.91 Å². The van der Waals surface area contributed by atoms with Crippen molar-refractivity contribution in [2.45, 2.75) is 32.2 Å². The number of nitrogens with two attached hydrogens (primary N) is 1. The molecule has 0 bridgehead atoms. The molecule has 0 saturated carbocycles. The molecule has 98 valence electrons. The lowest BCUT2D eigenvalue weighted by Gasteiger charge is -2.30. The van der Waals surface area contributed by atoms with Crippen LogP contribution in [-0.2, 0) is 14.3 Å². The number of nitrogens with one attached hydrogen (secondary N) is 1. The topological polar surface area (TPSA) is 102 Å². The van der Waals surface area contributed by atoms with Crippen molar-refractivity contribution < 1.29 is 19.4 Å². The van der Waals surface area contributed by atoms with Crippen molar-refractivity contribution in [2.24, 2.45) is 11.1 Å². The molecule has 1 unspecified atom stereocenters. The van der Waals surface area contributed by atoms with E-state index in [0.717, 1.165) is 0 Å². The summed E-state index contributed by atoms with van der Waals surface area (Å²) in [5.41, 5.74) is 3.49. The van der Waals surface area contributed by atoms with Crippen LogP contribution >= 0.6 is 0 Å². The van der Waals surface area contributed by atoms with Crippen LogP contribution in [-0.4, -0.2) is 42.3 Å². The maximum atomic E-state index is 12.0. The average molecular weight is 244 g/mol. The molecular weight excluding hydrogens is 224 g/mol. The highest BCUT2D eigenvalue weighted by Gasteiger charge is 2.45. The number of rotatable bonds is 5. The SMILES string of the molecule is CC(C)(CCN)C(=O)NC1(C(=O)O)CCOC1. The fraction of sp³-hybridized carbons (Fsp3) is 0.818. The van der Waals surface area contributed by atoms with Crippen LogP contribution in [0, 0.1) is 5.41 Å². The molecule has 17 heavy (non-hydrogen) atoms. The van der Waals surface area contributed by atoms with E-state index in [-0.39, 0.29) is 12.5 Å². The highest BCUT2D eigenvalue weighted by Crippen LogP contribution is 2.24. The van der Waals surface area contributed by atoms with Crippen molar-refractivity contribution in [3.63, 3.8) is 0 Å². The van der Waals surface area contributed by atoms with Gasteiger partial charge in [0.15, 0.2) is 5.54 Å². The van der Waals surface area contributed by atoms with Gasteiger partial charge < -0.3 is 20.9 Å². The predicted molar refractivity (Wildman–Crippen MR) is 61.4 cm³/mol. The number of aliphatic carboxylic acids is 1. The Labute approximate surface area is 101 Å². The van der Waals surface area contributed by atoms with Gasteiger partial charge in [0, 0.05) is 18.4 Å². The van der Waals surface area contributed by atoms with Gasteiger partial charge in [-0.15, -0.1) is 0 Å². The standard InChI is InChI=1S/C11H20N2O4/c1-10(2,3-5-12)8(14)13-11(9(15)16)4-6-17-7-11/h3-7,12H2,1-2H3,(H,13,14)(H,15,16).